The first-order valence-electron chi connectivity index (χ1n) is 6.23. The van der Waals surface area contributed by atoms with Crippen molar-refractivity contribution in [3.63, 3.8) is 0 Å². The molecule has 0 amide bonds. The maximum absolute atomic E-state index is 6.43. The van der Waals surface area contributed by atoms with Gasteiger partial charge in [0.25, 0.3) is 0 Å². The van der Waals surface area contributed by atoms with Crippen LogP contribution in [0, 0.1) is 5.92 Å². The fourth-order valence-electron chi connectivity index (χ4n) is 1.78. The second-order valence-corrected chi connectivity index (χ2v) is 11.0. The highest BCUT2D eigenvalue weighted by molar-refractivity contribution is 6.74. The van der Waals surface area contributed by atoms with Crippen molar-refractivity contribution in [3.8, 4) is 0 Å². The first-order chi connectivity index (χ1) is 7.28. The van der Waals surface area contributed by atoms with Crippen LogP contribution in [0.2, 0.25) is 18.1 Å². The van der Waals surface area contributed by atoms with E-state index >= 15 is 0 Å². The van der Waals surface area contributed by atoms with Crippen LogP contribution in [-0.2, 0) is 4.43 Å². The Balaban J connectivity index is 2.66. The summed E-state index contributed by atoms with van der Waals surface area (Å²) < 4.78 is 6.43. The molecule has 0 aromatic carbocycles. The molecule has 92 valence electrons. The minimum Gasteiger partial charge on any atom is -0.410 e. The van der Waals surface area contributed by atoms with Crippen LogP contribution in [0.15, 0.2) is 24.8 Å². The van der Waals surface area contributed by atoms with Crippen molar-refractivity contribution >= 4 is 8.32 Å². The third-order valence-electron chi connectivity index (χ3n) is 3.94. The average molecular weight is 238 g/mol. The molecule has 1 aliphatic rings. The van der Waals surface area contributed by atoms with E-state index in [-0.39, 0.29) is 0 Å². The summed E-state index contributed by atoms with van der Waals surface area (Å²) >= 11 is 0. The number of hydrogen-bond donors (Lipinski definition) is 0. The largest absolute Gasteiger partial charge is 0.410 e. The Bertz CT molecular complexity index is 273. The molecule has 0 saturated heterocycles. The van der Waals surface area contributed by atoms with Gasteiger partial charge in [0.15, 0.2) is 8.32 Å². The molecule has 0 fully saturated rings. The molecule has 0 unspecified atom stereocenters. The Labute approximate surface area is 102 Å². The summed E-state index contributed by atoms with van der Waals surface area (Å²) in [6.07, 6.45) is 9.04. The molecule has 0 spiro atoms. The van der Waals surface area contributed by atoms with Gasteiger partial charge in [0.05, 0.1) is 6.10 Å². The van der Waals surface area contributed by atoms with Gasteiger partial charge in [0.1, 0.15) is 0 Å². The fourth-order valence-corrected chi connectivity index (χ4v) is 3.08. The second kappa shape index (κ2) is 4.88. The molecule has 1 rings (SSSR count). The summed E-state index contributed by atoms with van der Waals surface area (Å²) in [6, 6.07) is 0. The quantitative estimate of drug-likeness (QED) is 0.516. The molecular formula is C14H26OSi. The summed E-state index contributed by atoms with van der Waals surface area (Å²) in [4.78, 5) is 0. The Morgan fingerprint density at radius 1 is 1.44 bits per heavy atom. The normalized spacial score (nSPS) is 26.1. The highest BCUT2D eigenvalue weighted by Gasteiger charge is 2.40. The van der Waals surface area contributed by atoms with E-state index in [9.17, 15) is 0 Å². The van der Waals surface area contributed by atoms with Crippen molar-refractivity contribution in [1.82, 2.24) is 0 Å². The molecule has 2 heteroatoms. The van der Waals surface area contributed by atoms with E-state index in [0.717, 1.165) is 12.8 Å². The van der Waals surface area contributed by atoms with Crippen LogP contribution >= 0.6 is 0 Å². The van der Waals surface area contributed by atoms with Gasteiger partial charge in [-0.15, -0.1) is 6.58 Å². The Morgan fingerprint density at radius 3 is 2.56 bits per heavy atom. The molecule has 0 aromatic rings. The minimum absolute atomic E-state index is 0.294. The standard InChI is InChI=1S/C14H26OSi/c1-7-9-12-10-8-11-13(12)15-16(5,6)14(2,3)4/h7-8,11-13H,1,9-10H2,2-6H3/t12-,13-/m1/s1. The first-order valence-corrected chi connectivity index (χ1v) is 9.14. The third kappa shape index (κ3) is 3.08. The summed E-state index contributed by atoms with van der Waals surface area (Å²) in [7, 11) is -1.63. The smallest absolute Gasteiger partial charge is 0.192 e. The predicted octanol–water partition coefficient (Wildman–Crippen LogP) is 4.53. The van der Waals surface area contributed by atoms with Crippen LogP contribution in [0.25, 0.3) is 0 Å². The Kier molecular flexibility index (Phi) is 4.19. The molecule has 0 radical (unpaired) electrons. The highest BCUT2D eigenvalue weighted by Crippen LogP contribution is 2.39. The first kappa shape index (κ1) is 13.7. The molecule has 0 aliphatic heterocycles. The second-order valence-electron chi connectivity index (χ2n) is 6.29. The lowest BCUT2D eigenvalue weighted by molar-refractivity contribution is 0.172. The van der Waals surface area contributed by atoms with Crippen LogP contribution in [0.3, 0.4) is 0 Å². The molecule has 0 bridgehead atoms. The molecule has 0 N–H and O–H groups in total. The van der Waals surface area contributed by atoms with Gasteiger partial charge in [-0.1, -0.05) is 39.0 Å². The summed E-state index contributed by atoms with van der Waals surface area (Å²) in [5, 5.41) is 0.294. The maximum atomic E-state index is 6.43. The fraction of sp³-hybridized carbons (Fsp3) is 0.714. The van der Waals surface area contributed by atoms with Crippen LogP contribution in [0.5, 0.6) is 0 Å². The lowest BCUT2D eigenvalue weighted by Gasteiger charge is -2.39. The van der Waals surface area contributed by atoms with E-state index < -0.39 is 8.32 Å². The zero-order chi connectivity index (χ0) is 12.4. The van der Waals surface area contributed by atoms with Crippen molar-refractivity contribution in [2.24, 2.45) is 5.92 Å². The van der Waals surface area contributed by atoms with E-state index in [1.807, 2.05) is 6.08 Å². The average Bonchev–Trinajstić information content (AvgIpc) is 2.51. The van der Waals surface area contributed by atoms with Crippen LogP contribution in [0.1, 0.15) is 33.6 Å². The Hall–Kier alpha value is -0.343. The minimum atomic E-state index is -1.63. The lowest BCUT2D eigenvalue weighted by Crippen LogP contribution is -2.44. The van der Waals surface area contributed by atoms with Crippen LogP contribution < -0.4 is 0 Å². The Morgan fingerprint density at radius 2 is 2.06 bits per heavy atom. The number of rotatable bonds is 4. The molecule has 16 heavy (non-hydrogen) atoms. The summed E-state index contributed by atoms with van der Waals surface area (Å²) in [6.45, 7) is 15.4. The van der Waals surface area contributed by atoms with Gasteiger partial charge >= 0.3 is 0 Å². The maximum Gasteiger partial charge on any atom is 0.192 e. The van der Waals surface area contributed by atoms with E-state index in [4.69, 9.17) is 4.43 Å². The van der Waals surface area contributed by atoms with Gasteiger partial charge in [0.2, 0.25) is 0 Å². The SMILES string of the molecule is C=CC[C@@H]1CC=C[C@H]1O[Si](C)(C)C(C)(C)C. The summed E-state index contributed by atoms with van der Waals surface area (Å²) in [5.41, 5.74) is 0. The summed E-state index contributed by atoms with van der Waals surface area (Å²) in [5.74, 6) is 0.617. The van der Waals surface area contributed by atoms with Crippen molar-refractivity contribution in [2.75, 3.05) is 0 Å². The van der Waals surface area contributed by atoms with E-state index in [2.05, 4.69) is 52.6 Å². The molecule has 0 saturated carbocycles. The van der Waals surface area contributed by atoms with E-state index in [1.54, 1.807) is 0 Å². The van der Waals surface area contributed by atoms with Crippen LogP contribution in [-0.4, -0.2) is 14.4 Å². The molecule has 2 atom stereocenters. The third-order valence-corrected chi connectivity index (χ3v) is 8.41. The zero-order valence-electron chi connectivity index (χ0n) is 11.4. The van der Waals surface area contributed by atoms with Crippen LogP contribution in [0.4, 0.5) is 0 Å². The van der Waals surface area contributed by atoms with E-state index in [0.29, 0.717) is 17.1 Å². The molecular weight excluding hydrogens is 212 g/mol. The van der Waals surface area contributed by atoms with Gasteiger partial charge in [-0.25, -0.2) is 0 Å². The van der Waals surface area contributed by atoms with Gasteiger partial charge in [-0.3, -0.25) is 0 Å². The number of allylic oxidation sites excluding steroid dienone is 2. The van der Waals surface area contributed by atoms with Gasteiger partial charge in [-0.2, -0.15) is 0 Å². The highest BCUT2D eigenvalue weighted by atomic mass is 28.4. The van der Waals surface area contributed by atoms with Gasteiger partial charge < -0.3 is 4.43 Å². The van der Waals surface area contributed by atoms with Gasteiger partial charge in [-0.05, 0) is 36.9 Å². The molecule has 0 aromatic heterocycles. The van der Waals surface area contributed by atoms with Crippen molar-refractivity contribution < 1.29 is 4.43 Å². The topological polar surface area (TPSA) is 9.23 Å². The van der Waals surface area contributed by atoms with Gasteiger partial charge in [0, 0.05) is 0 Å². The molecule has 0 heterocycles. The monoisotopic (exact) mass is 238 g/mol. The number of hydrogen-bond acceptors (Lipinski definition) is 1. The van der Waals surface area contributed by atoms with Crippen molar-refractivity contribution in [1.29, 1.82) is 0 Å². The van der Waals surface area contributed by atoms with Crippen molar-refractivity contribution in [2.45, 2.75) is 57.8 Å². The zero-order valence-corrected chi connectivity index (χ0v) is 12.4. The van der Waals surface area contributed by atoms with E-state index in [1.165, 1.54) is 0 Å². The van der Waals surface area contributed by atoms with Crippen molar-refractivity contribution in [3.05, 3.63) is 24.8 Å². The lowest BCUT2D eigenvalue weighted by atomic mass is 10.0. The predicted molar refractivity (Wildman–Crippen MR) is 74.1 cm³/mol. The molecule has 1 aliphatic carbocycles. The molecule has 1 nitrogen and oxygen atoms in total.